The van der Waals surface area contributed by atoms with E-state index >= 15 is 0 Å². The molecule has 20 heavy (non-hydrogen) atoms. The number of rotatable bonds is 5. The Balaban J connectivity index is 1.80. The summed E-state index contributed by atoms with van der Waals surface area (Å²) in [5, 5.41) is 3.01. The first kappa shape index (κ1) is 15.0. The third-order valence-corrected chi connectivity index (χ3v) is 3.96. The lowest BCUT2D eigenvalue weighted by atomic mass is 9.95. The summed E-state index contributed by atoms with van der Waals surface area (Å²) in [7, 11) is 0. The molecule has 1 aliphatic heterocycles. The Bertz CT molecular complexity index is 436. The van der Waals surface area contributed by atoms with Gasteiger partial charge in [0.05, 0.1) is 0 Å². The molecule has 1 amide bonds. The highest BCUT2D eigenvalue weighted by atomic mass is 16.5. The molecule has 0 radical (unpaired) electrons. The molecule has 3 nitrogen and oxygen atoms in total. The molecule has 0 bridgehead atoms. The van der Waals surface area contributed by atoms with Gasteiger partial charge in [-0.1, -0.05) is 26.0 Å². The van der Waals surface area contributed by atoms with Crippen LogP contribution in [0.4, 0.5) is 5.69 Å². The van der Waals surface area contributed by atoms with Crippen LogP contribution in [-0.2, 0) is 9.53 Å². The summed E-state index contributed by atoms with van der Waals surface area (Å²) in [6.45, 7) is 6.02. The van der Waals surface area contributed by atoms with Crippen molar-refractivity contribution in [3.8, 4) is 0 Å². The topological polar surface area (TPSA) is 38.3 Å². The zero-order valence-electron chi connectivity index (χ0n) is 12.5. The Kier molecular flexibility index (Phi) is 5.60. The molecule has 0 saturated carbocycles. The van der Waals surface area contributed by atoms with Crippen LogP contribution in [0, 0.1) is 5.92 Å². The van der Waals surface area contributed by atoms with Gasteiger partial charge in [-0.15, -0.1) is 0 Å². The fourth-order valence-electron chi connectivity index (χ4n) is 2.57. The third kappa shape index (κ3) is 4.64. The van der Waals surface area contributed by atoms with E-state index in [1.165, 1.54) is 5.56 Å². The largest absolute Gasteiger partial charge is 0.381 e. The summed E-state index contributed by atoms with van der Waals surface area (Å²) in [6, 6.07) is 8.13. The van der Waals surface area contributed by atoms with Gasteiger partial charge in [0, 0.05) is 25.3 Å². The molecule has 0 spiro atoms. The van der Waals surface area contributed by atoms with Crippen molar-refractivity contribution in [2.24, 2.45) is 5.92 Å². The van der Waals surface area contributed by atoms with Gasteiger partial charge in [0.25, 0.3) is 0 Å². The molecule has 1 saturated heterocycles. The molecule has 3 heteroatoms. The molecule has 1 heterocycles. The molecular weight excluding hydrogens is 250 g/mol. The summed E-state index contributed by atoms with van der Waals surface area (Å²) < 4.78 is 5.34. The van der Waals surface area contributed by atoms with E-state index in [1.54, 1.807) is 0 Å². The van der Waals surface area contributed by atoms with Crippen molar-refractivity contribution in [1.82, 2.24) is 0 Å². The lowest BCUT2D eigenvalue weighted by Crippen LogP contribution is -2.18. The van der Waals surface area contributed by atoms with E-state index in [0.29, 0.717) is 18.3 Å². The van der Waals surface area contributed by atoms with Crippen LogP contribution in [-0.4, -0.2) is 19.1 Å². The Hall–Kier alpha value is -1.35. The van der Waals surface area contributed by atoms with Crippen molar-refractivity contribution < 1.29 is 9.53 Å². The molecule has 1 fully saturated rings. The van der Waals surface area contributed by atoms with Gasteiger partial charge in [-0.2, -0.15) is 0 Å². The van der Waals surface area contributed by atoms with Crippen LogP contribution >= 0.6 is 0 Å². The van der Waals surface area contributed by atoms with E-state index in [4.69, 9.17) is 4.74 Å². The van der Waals surface area contributed by atoms with Gasteiger partial charge < -0.3 is 10.1 Å². The van der Waals surface area contributed by atoms with Crippen molar-refractivity contribution >= 4 is 11.6 Å². The predicted molar refractivity (Wildman–Crippen MR) is 81.9 cm³/mol. The van der Waals surface area contributed by atoms with Gasteiger partial charge in [0.15, 0.2) is 0 Å². The van der Waals surface area contributed by atoms with Crippen molar-refractivity contribution in [2.75, 3.05) is 18.5 Å². The van der Waals surface area contributed by atoms with Crippen molar-refractivity contribution in [1.29, 1.82) is 0 Å². The van der Waals surface area contributed by atoms with Gasteiger partial charge in [0.1, 0.15) is 0 Å². The number of carbonyl (C=O) groups excluding carboxylic acids is 1. The third-order valence-electron chi connectivity index (χ3n) is 3.96. The van der Waals surface area contributed by atoms with Gasteiger partial charge in [-0.05, 0) is 48.8 Å². The maximum Gasteiger partial charge on any atom is 0.224 e. The van der Waals surface area contributed by atoms with Crippen LogP contribution in [0.1, 0.15) is 51.0 Å². The normalized spacial score (nSPS) is 16.4. The Morgan fingerprint density at radius 3 is 2.80 bits per heavy atom. The number of nitrogens with one attached hydrogen (secondary N) is 1. The number of carbonyl (C=O) groups is 1. The number of ether oxygens (including phenoxy) is 1. The SMILES string of the molecule is CC(C)c1cccc(NC(=O)CCC2CCOCC2)c1. The fourth-order valence-corrected chi connectivity index (χ4v) is 2.57. The first-order chi connectivity index (χ1) is 9.65. The highest BCUT2D eigenvalue weighted by Gasteiger charge is 2.15. The quantitative estimate of drug-likeness (QED) is 0.883. The van der Waals surface area contributed by atoms with Crippen molar-refractivity contribution in [3.05, 3.63) is 29.8 Å². The standard InChI is InChI=1S/C17H25NO2/c1-13(2)15-4-3-5-16(12-15)18-17(19)7-6-14-8-10-20-11-9-14/h3-5,12-14H,6-11H2,1-2H3,(H,18,19). The van der Waals surface area contributed by atoms with Gasteiger partial charge in [-0.3, -0.25) is 4.79 Å². The minimum Gasteiger partial charge on any atom is -0.381 e. The molecule has 1 aliphatic rings. The number of benzene rings is 1. The van der Waals surface area contributed by atoms with Crippen LogP contribution < -0.4 is 5.32 Å². The minimum atomic E-state index is 0.123. The van der Waals surface area contributed by atoms with Crippen molar-refractivity contribution in [3.63, 3.8) is 0 Å². The first-order valence-electron chi connectivity index (χ1n) is 7.62. The number of amides is 1. The summed E-state index contributed by atoms with van der Waals surface area (Å²) in [6.07, 6.45) is 3.77. The molecule has 0 aliphatic carbocycles. The molecule has 110 valence electrons. The van der Waals surface area contributed by atoms with Crippen LogP contribution in [0.5, 0.6) is 0 Å². The second kappa shape index (κ2) is 7.44. The zero-order valence-corrected chi connectivity index (χ0v) is 12.5. The predicted octanol–water partition coefficient (Wildman–Crippen LogP) is 3.96. The van der Waals surface area contributed by atoms with E-state index in [1.807, 2.05) is 12.1 Å². The van der Waals surface area contributed by atoms with E-state index in [-0.39, 0.29) is 5.91 Å². The average molecular weight is 275 g/mol. The second-order valence-corrected chi connectivity index (χ2v) is 5.92. The monoisotopic (exact) mass is 275 g/mol. The van der Waals surface area contributed by atoms with Crippen LogP contribution in [0.15, 0.2) is 24.3 Å². The highest BCUT2D eigenvalue weighted by molar-refractivity contribution is 5.90. The fraction of sp³-hybridized carbons (Fsp3) is 0.588. The van der Waals surface area contributed by atoms with Crippen LogP contribution in [0.25, 0.3) is 0 Å². The van der Waals surface area contributed by atoms with Crippen LogP contribution in [0.2, 0.25) is 0 Å². The molecule has 2 rings (SSSR count). The highest BCUT2D eigenvalue weighted by Crippen LogP contribution is 2.21. The maximum atomic E-state index is 12.0. The van der Waals surface area contributed by atoms with Crippen LogP contribution in [0.3, 0.4) is 0 Å². The van der Waals surface area contributed by atoms with Crippen molar-refractivity contribution in [2.45, 2.75) is 45.4 Å². The maximum absolute atomic E-state index is 12.0. The van der Waals surface area contributed by atoms with Gasteiger partial charge >= 0.3 is 0 Å². The summed E-state index contributed by atoms with van der Waals surface area (Å²) in [4.78, 5) is 12.0. The van der Waals surface area contributed by atoms with E-state index in [0.717, 1.165) is 38.2 Å². The molecule has 0 unspecified atom stereocenters. The zero-order chi connectivity index (χ0) is 14.4. The number of hydrogen-bond donors (Lipinski definition) is 1. The number of anilines is 1. The summed E-state index contributed by atoms with van der Waals surface area (Å²) in [5.41, 5.74) is 2.17. The summed E-state index contributed by atoms with van der Waals surface area (Å²) in [5.74, 6) is 1.25. The molecular formula is C17H25NO2. The molecule has 0 atom stereocenters. The van der Waals surface area contributed by atoms with Gasteiger partial charge in [0.2, 0.25) is 5.91 Å². The number of hydrogen-bond acceptors (Lipinski definition) is 2. The lowest BCUT2D eigenvalue weighted by Gasteiger charge is -2.21. The minimum absolute atomic E-state index is 0.123. The molecule has 1 aromatic rings. The molecule has 0 aromatic heterocycles. The van der Waals surface area contributed by atoms with E-state index in [2.05, 4.69) is 31.3 Å². The van der Waals surface area contributed by atoms with E-state index < -0.39 is 0 Å². The molecule has 1 N–H and O–H groups in total. The second-order valence-electron chi connectivity index (χ2n) is 5.92. The smallest absolute Gasteiger partial charge is 0.224 e. The summed E-state index contributed by atoms with van der Waals surface area (Å²) >= 11 is 0. The Morgan fingerprint density at radius 2 is 2.10 bits per heavy atom. The Morgan fingerprint density at radius 1 is 1.35 bits per heavy atom. The first-order valence-corrected chi connectivity index (χ1v) is 7.62. The van der Waals surface area contributed by atoms with E-state index in [9.17, 15) is 4.79 Å². The van der Waals surface area contributed by atoms with Gasteiger partial charge in [-0.25, -0.2) is 0 Å². The molecule has 1 aromatic carbocycles. The average Bonchev–Trinajstić information content (AvgIpc) is 2.46. The lowest BCUT2D eigenvalue weighted by molar-refractivity contribution is -0.116. The Labute approximate surface area is 121 Å².